The summed E-state index contributed by atoms with van der Waals surface area (Å²) in [4.78, 5) is 48.4. The van der Waals surface area contributed by atoms with Crippen LogP contribution in [-0.4, -0.2) is 29.7 Å². The first-order chi connectivity index (χ1) is 20.7. The second kappa shape index (κ2) is 11.1. The van der Waals surface area contributed by atoms with Gasteiger partial charge in [-0.25, -0.2) is 14.2 Å². The van der Waals surface area contributed by atoms with E-state index in [4.69, 9.17) is 9.47 Å². The van der Waals surface area contributed by atoms with Gasteiger partial charge in [-0.15, -0.1) is 0 Å². The Morgan fingerprint density at radius 2 is 1.72 bits per heavy atom. The molecular weight excluding hydrogens is 569 g/mol. The summed E-state index contributed by atoms with van der Waals surface area (Å²) in [5, 5.41) is 0. The van der Waals surface area contributed by atoms with E-state index < -0.39 is 17.6 Å². The molecule has 0 N–H and O–H groups in total. The van der Waals surface area contributed by atoms with Crippen LogP contribution in [-0.2, 0) is 20.9 Å². The summed E-state index contributed by atoms with van der Waals surface area (Å²) >= 11 is 1.11. The maximum atomic E-state index is 14.3. The van der Waals surface area contributed by atoms with Crippen molar-refractivity contribution in [2.24, 2.45) is 4.99 Å². The zero-order valence-electron chi connectivity index (χ0n) is 24.0. The molecule has 8 nitrogen and oxygen atoms in total. The molecule has 0 radical (unpaired) electrons. The summed E-state index contributed by atoms with van der Waals surface area (Å²) in [5.41, 5.74) is 3.20. The van der Waals surface area contributed by atoms with Crippen molar-refractivity contribution in [1.29, 1.82) is 0 Å². The minimum Gasteiger partial charge on any atom is -0.497 e. The van der Waals surface area contributed by atoms with Crippen LogP contribution in [0.5, 0.6) is 5.75 Å². The molecule has 0 saturated heterocycles. The van der Waals surface area contributed by atoms with Crippen molar-refractivity contribution in [3.8, 4) is 5.75 Å². The maximum Gasteiger partial charge on any atom is 0.338 e. The molecule has 1 aromatic heterocycles. The largest absolute Gasteiger partial charge is 0.497 e. The molecule has 0 unspecified atom stereocenters. The Balaban J connectivity index is 1.55. The molecule has 6 rings (SSSR count). The number of hydrogen-bond donors (Lipinski definition) is 0. The van der Waals surface area contributed by atoms with Gasteiger partial charge in [0, 0.05) is 5.56 Å². The number of carbonyl (C=O) groups is 2. The minimum absolute atomic E-state index is 0.205. The monoisotopic (exact) mass is 597 g/mol. The molecule has 43 heavy (non-hydrogen) atoms. The molecule has 0 bridgehead atoms. The van der Waals surface area contributed by atoms with Gasteiger partial charge in [0.1, 0.15) is 16.1 Å². The molecule has 218 valence electrons. The van der Waals surface area contributed by atoms with Crippen molar-refractivity contribution in [3.05, 3.63) is 126 Å². The van der Waals surface area contributed by atoms with Gasteiger partial charge in [-0.1, -0.05) is 53.8 Å². The Bertz CT molecular complexity index is 1970. The number of ether oxygens (including phenoxy) is 2. The molecule has 0 fully saturated rings. The smallest absolute Gasteiger partial charge is 0.338 e. The number of thiazole rings is 1. The van der Waals surface area contributed by atoms with Gasteiger partial charge in [-0.3, -0.25) is 14.2 Å². The molecule has 10 heteroatoms. The highest BCUT2D eigenvalue weighted by Crippen LogP contribution is 2.37. The lowest BCUT2D eigenvalue weighted by Gasteiger charge is -2.25. The Hall–Kier alpha value is -4.83. The molecule has 4 aromatic rings. The lowest BCUT2D eigenvalue weighted by Crippen LogP contribution is -2.41. The number of nitrogens with zero attached hydrogens (tertiary/aromatic N) is 3. The van der Waals surface area contributed by atoms with Gasteiger partial charge < -0.3 is 14.4 Å². The van der Waals surface area contributed by atoms with Crippen LogP contribution in [0.15, 0.2) is 93.9 Å². The number of esters is 1. The number of methoxy groups -OCH3 is 1. The van der Waals surface area contributed by atoms with Crippen LogP contribution >= 0.6 is 11.3 Å². The highest BCUT2D eigenvalue weighted by Gasteiger charge is 2.37. The molecule has 2 aliphatic heterocycles. The molecule has 1 amide bonds. The topological polar surface area (TPSA) is 90.2 Å². The van der Waals surface area contributed by atoms with Crippen molar-refractivity contribution in [3.63, 3.8) is 0 Å². The lowest BCUT2D eigenvalue weighted by molar-refractivity contribution is -0.143. The van der Waals surface area contributed by atoms with Crippen LogP contribution in [0.3, 0.4) is 0 Å². The third-order valence-corrected chi connectivity index (χ3v) is 8.45. The summed E-state index contributed by atoms with van der Waals surface area (Å²) in [6, 6.07) is 19.5. The quantitative estimate of drug-likeness (QED) is 0.310. The van der Waals surface area contributed by atoms with E-state index in [2.05, 4.69) is 4.99 Å². The highest BCUT2D eigenvalue weighted by atomic mass is 32.1. The number of anilines is 1. The Morgan fingerprint density at radius 1 is 1.02 bits per heavy atom. The third kappa shape index (κ3) is 4.97. The number of amides is 1. The Kier molecular flexibility index (Phi) is 7.31. The summed E-state index contributed by atoms with van der Waals surface area (Å²) in [6.07, 6.45) is -0.379. The first-order valence-electron chi connectivity index (χ1n) is 13.7. The van der Waals surface area contributed by atoms with Gasteiger partial charge in [0.05, 0.1) is 48.3 Å². The van der Waals surface area contributed by atoms with Crippen molar-refractivity contribution in [2.75, 3.05) is 12.0 Å². The fourth-order valence-corrected chi connectivity index (χ4v) is 6.58. The fraction of sp³-hybridized carbons (Fsp3) is 0.212. The van der Waals surface area contributed by atoms with E-state index in [9.17, 15) is 18.8 Å². The predicted octanol–water partition coefficient (Wildman–Crippen LogP) is 4.25. The highest BCUT2D eigenvalue weighted by molar-refractivity contribution is 7.07. The predicted molar refractivity (Wildman–Crippen MR) is 161 cm³/mol. The molecule has 3 heterocycles. The molecule has 2 aliphatic rings. The van der Waals surface area contributed by atoms with Crippen molar-refractivity contribution in [1.82, 2.24) is 4.57 Å². The third-order valence-electron chi connectivity index (χ3n) is 7.40. The van der Waals surface area contributed by atoms with Crippen LogP contribution in [0.4, 0.5) is 10.1 Å². The number of aromatic nitrogens is 1. The molecular formula is C33H28FN3O5S. The molecule has 3 aromatic carbocycles. The van der Waals surface area contributed by atoms with E-state index in [1.54, 1.807) is 69.2 Å². The molecule has 0 aliphatic carbocycles. The van der Waals surface area contributed by atoms with Crippen molar-refractivity contribution >= 4 is 34.5 Å². The number of carbonyl (C=O) groups excluding carboxylic acids is 2. The summed E-state index contributed by atoms with van der Waals surface area (Å²) in [7, 11) is 1.56. The number of fused-ring (bicyclic) bond motifs is 2. The molecule has 0 spiro atoms. The molecule has 0 saturated carbocycles. The van der Waals surface area contributed by atoms with Crippen LogP contribution in [0.2, 0.25) is 0 Å². The number of halogens is 1. The Morgan fingerprint density at radius 3 is 2.40 bits per heavy atom. The van der Waals surface area contributed by atoms with E-state index in [1.807, 2.05) is 24.3 Å². The van der Waals surface area contributed by atoms with Gasteiger partial charge in [0.2, 0.25) is 0 Å². The average molecular weight is 598 g/mol. The fourth-order valence-electron chi connectivity index (χ4n) is 5.44. The van der Waals surface area contributed by atoms with E-state index >= 15 is 0 Å². The standard InChI is InChI=1S/C33H28FN3O5S/c1-18(2)42-32(40)26-19(3)35-33-37(28(26)21-11-15-23(41-4)16-12-21)31(39)29(43-33)27-24-7-5-6-8-25(24)36(30(27)38)17-20-9-13-22(34)14-10-20/h5-16,18,28H,17H2,1-4H3/b29-27-/t28-/m1/s1. The zero-order chi connectivity index (χ0) is 30.4. The molecule has 1 atom stereocenters. The minimum atomic E-state index is -0.829. The van der Waals surface area contributed by atoms with Crippen LogP contribution in [0, 0.1) is 5.82 Å². The van der Waals surface area contributed by atoms with Crippen LogP contribution in [0.1, 0.15) is 43.5 Å². The van der Waals surface area contributed by atoms with Gasteiger partial charge in [0.15, 0.2) is 4.80 Å². The van der Waals surface area contributed by atoms with Gasteiger partial charge in [0.25, 0.3) is 11.5 Å². The van der Waals surface area contributed by atoms with Gasteiger partial charge in [-0.05, 0) is 62.2 Å². The normalized spacial score (nSPS) is 17.1. The van der Waals surface area contributed by atoms with Gasteiger partial charge in [-0.2, -0.15) is 0 Å². The number of para-hydroxylation sites is 1. The number of rotatable bonds is 6. The maximum absolute atomic E-state index is 14.3. The van der Waals surface area contributed by atoms with Crippen molar-refractivity contribution in [2.45, 2.75) is 39.5 Å². The van der Waals surface area contributed by atoms with Gasteiger partial charge >= 0.3 is 5.97 Å². The van der Waals surface area contributed by atoms with E-state index in [0.29, 0.717) is 33.1 Å². The number of hydrogen-bond acceptors (Lipinski definition) is 7. The van der Waals surface area contributed by atoms with Crippen LogP contribution in [0.25, 0.3) is 5.57 Å². The van der Waals surface area contributed by atoms with E-state index in [-0.39, 0.29) is 40.1 Å². The summed E-state index contributed by atoms with van der Waals surface area (Å²) < 4.78 is 26.1. The first-order valence-corrected chi connectivity index (χ1v) is 14.6. The summed E-state index contributed by atoms with van der Waals surface area (Å²) in [6.45, 7) is 5.44. The average Bonchev–Trinajstić information content (AvgIpc) is 3.45. The second-order valence-electron chi connectivity index (χ2n) is 10.5. The second-order valence-corrected chi connectivity index (χ2v) is 11.5. The van der Waals surface area contributed by atoms with Crippen LogP contribution < -0.4 is 24.5 Å². The summed E-state index contributed by atoms with van der Waals surface area (Å²) in [5.74, 6) is -0.647. The van der Waals surface area contributed by atoms with Crippen molar-refractivity contribution < 1.29 is 23.5 Å². The number of allylic oxidation sites excluding steroid dienone is 1. The van der Waals surface area contributed by atoms with E-state index in [1.165, 1.54) is 16.7 Å². The first kappa shape index (κ1) is 28.3. The lowest BCUT2D eigenvalue weighted by atomic mass is 9.95. The zero-order valence-corrected chi connectivity index (χ0v) is 24.8. The SMILES string of the molecule is COc1ccc([C@@H]2C(C(=O)OC(C)C)=C(C)N=c3s/c(=C4\C(=O)N(Cc5ccc(F)cc5)c5ccccc54)c(=O)n32)cc1. The van der Waals surface area contributed by atoms with E-state index in [0.717, 1.165) is 16.9 Å². The number of benzene rings is 3. The Labute approximate surface area is 250 Å².